The lowest BCUT2D eigenvalue weighted by molar-refractivity contribution is 0.0273. The fourth-order valence-corrected chi connectivity index (χ4v) is 2.55. The van der Waals surface area contributed by atoms with Crippen molar-refractivity contribution in [2.75, 3.05) is 13.2 Å². The molecule has 1 aromatic rings. The number of benzene rings is 1. The van der Waals surface area contributed by atoms with Gasteiger partial charge in [-0.15, -0.1) is 0 Å². The standard InChI is InChI=1S/C17H22N2O2/c18-13-14-7-9-15(10-8-14)17(20)19-11-4-12-21-16-5-2-1-3-6-16/h7-10,16H,1-6,11-12H2,(H,19,20). The van der Waals surface area contributed by atoms with Crippen molar-refractivity contribution < 1.29 is 9.53 Å². The van der Waals surface area contributed by atoms with Crippen LogP contribution in [0.4, 0.5) is 0 Å². The van der Waals surface area contributed by atoms with Crippen LogP contribution in [0.5, 0.6) is 0 Å². The smallest absolute Gasteiger partial charge is 0.251 e. The molecular weight excluding hydrogens is 264 g/mol. The topological polar surface area (TPSA) is 62.1 Å². The van der Waals surface area contributed by atoms with Gasteiger partial charge in [0, 0.05) is 18.7 Å². The summed E-state index contributed by atoms with van der Waals surface area (Å²) >= 11 is 0. The van der Waals surface area contributed by atoms with Crippen molar-refractivity contribution in [3.8, 4) is 6.07 Å². The summed E-state index contributed by atoms with van der Waals surface area (Å²) in [5.74, 6) is -0.0999. The highest BCUT2D eigenvalue weighted by Gasteiger charge is 2.13. The van der Waals surface area contributed by atoms with Crippen LogP contribution in [0.25, 0.3) is 0 Å². The highest BCUT2D eigenvalue weighted by molar-refractivity contribution is 5.94. The molecule has 0 saturated heterocycles. The third-order valence-corrected chi connectivity index (χ3v) is 3.79. The second kappa shape index (κ2) is 8.43. The predicted molar refractivity (Wildman–Crippen MR) is 80.9 cm³/mol. The maximum absolute atomic E-state index is 11.9. The summed E-state index contributed by atoms with van der Waals surface area (Å²) in [5.41, 5.74) is 1.15. The van der Waals surface area contributed by atoms with Crippen molar-refractivity contribution in [3.63, 3.8) is 0 Å². The monoisotopic (exact) mass is 286 g/mol. The largest absolute Gasteiger partial charge is 0.378 e. The number of rotatable bonds is 6. The molecule has 0 aliphatic heterocycles. The molecule has 4 heteroatoms. The van der Waals surface area contributed by atoms with Gasteiger partial charge in [-0.1, -0.05) is 19.3 Å². The minimum Gasteiger partial charge on any atom is -0.378 e. The number of carbonyl (C=O) groups excluding carboxylic acids is 1. The first-order valence-corrected chi connectivity index (χ1v) is 7.69. The van der Waals surface area contributed by atoms with Crippen molar-refractivity contribution >= 4 is 5.91 Å². The molecule has 1 N–H and O–H groups in total. The Morgan fingerprint density at radius 3 is 2.62 bits per heavy atom. The molecule has 4 nitrogen and oxygen atoms in total. The molecule has 0 unspecified atom stereocenters. The average Bonchev–Trinajstić information content (AvgIpc) is 2.55. The molecule has 0 heterocycles. The van der Waals surface area contributed by atoms with E-state index in [1.54, 1.807) is 24.3 Å². The zero-order chi connectivity index (χ0) is 14.9. The van der Waals surface area contributed by atoms with Crippen LogP contribution in [0.15, 0.2) is 24.3 Å². The first-order valence-electron chi connectivity index (χ1n) is 7.69. The molecule has 0 spiro atoms. The Bertz CT molecular complexity index is 485. The first kappa shape index (κ1) is 15.5. The number of ether oxygens (including phenoxy) is 1. The zero-order valence-electron chi connectivity index (χ0n) is 12.3. The highest BCUT2D eigenvalue weighted by atomic mass is 16.5. The van der Waals surface area contributed by atoms with Crippen molar-refractivity contribution in [1.82, 2.24) is 5.32 Å². The molecule has 112 valence electrons. The minimum absolute atomic E-state index is 0.0999. The molecule has 0 aromatic heterocycles. The molecule has 0 radical (unpaired) electrons. The summed E-state index contributed by atoms with van der Waals surface area (Å²) in [6.07, 6.45) is 7.50. The van der Waals surface area contributed by atoms with E-state index in [0.717, 1.165) is 6.42 Å². The van der Waals surface area contributed by atoms with Gasteiger partial charge in [-0.05, 0) is 43.5 Å². The van der Waals surface area contributed by atoms with Gasteiger partial charge < -0.3 is 10.1 Å². The Labute approximate surface area is 126 Å². The zero-order valence-corrected chi connectivity index (χ0v) is 12.3. The highest BCUT2D eigenvalue weighted by Crippen LogP contribution is 2.20. The predicted octanol–water partition coefficient (Wildman–Crippen LogP) is 3.03. The Balaban J connectivity index is 1.61. The van der Waals surface area contributed by atoms with Crippen LogP contribution in [0.3, 0.4) is 0 Å². The Hall–Kier alpha value is -1.86. The van der Waals surface area contributed by atoms with Crippen LogP contribution in [0.1, 0.15) is 54.4 Å². The maximum atomic E-state index is 11.9. The van der Waals surface area contributed by atoms with Crippen LogP contribution < -0.4 is 5.32 Å². The van der Waals surface area contributed by atoms with Gasteiger partial charge in [0.2, 0.25) is 0 Å². The number of hydrogen-bond acceptors (Lipinski definition) is 3. The van der Waals surface area contributed by atoms with E-state index < -0.39 is 0 Å². The molecule has 1 saturated carbocycles. The molecule has 0 bridgehead atoms. The van der Waals surface area contributed by atoms with Gasteiger partial charge in [0.1, 0.15) is 0 Å². The van der Waals surface area contributed by atoms with E-state index in [2.05, 4.69) is 5.32 Å². The lowest BCUT2D eigenvalue weighted by Gasteiger charge is -2.21. The molecule has 0 atom stereocenters. The molecule has 1 aliphatic carbocycles. The minimum atomic E-state index is -0.0999. The molecular formula is C17H22N2O2. The van der Waals surface area contributed by atoms with Gasteiger partial charge in [-0.3, -0.25) is 4.79 Å². The second-order valence-corrected chi connectivity index (χ2v) is 5.43. The summed E-state index contributed by atoms with van der Waals surface area (Å²) in [5, 5.41) is 11.6. The molecule has 1 fully saturated rings. The van der Waals surface area contributed by atoms with Gasteiger partial charge >= 0.3 is 0 Å². The number of carbonyl (C=O) groups is 1. The normalized spacial score (nSPS) is 15.4. The molecule has 2 rings (SSSR count). The first-order chi connectivity index (χ1) is 10.3. The summed E-state index contributed by atoms with van der Waals surface area (Å²) in [6.45, 7) is 1.32. The Kier molecular flexibility index (Phi) is 6.23. The van der Waals surface area contributed by atoms with E-state index >= 15 is 0 Å². The van der Waals surface area contributed by atoms with Crippen molar-refractivity contribution in [3.05, 3.63) is 35.4 Å². The van der Waals surface area contributed by atoms with Crippen molar-refractivity contribution in [1.29, 1.82) is 5.26 Å². The summed E-state index contributed by atoms with van der Waals surface area (Å²) in [4.78, 5) is 11.9. The van der Waals surface area contributed by atoms with Crippen LogP contribution in [0, 0.1) is 11.3 Å². The molecule has 1 amide bonds. The lowest BCUT2D eigenvalue weighted by Crippen LogP contribution is -2.26. The van der Waals surface area contributed by atoms with E-state index in [9.17, 15) is 4.79 Å². The fourth-order valence-electron chi connectivity index (χ4n) is 2.55. The summed E-state index contributed by atoms with van der Waals surface area (Å²) < 4.78 is 5.81. The van der Waals surface area contributed by atoms with E-state index in [-0.39, 0.29) is 5.91 Å². The third kappa shape index (κ3) is 5.20. The van der Waals surface area contributed by atoms with E-state index in [1.807, 2.05) is 6.07 Å². The molecule has 21 heavy (non-hydrogen) atoms. The van der Waals surface area contributed by atoms with Crippen molar-refractivity contribution in [2.45, 2.75) is 44.6 Å². The van der Waals surface area contributed by atoms with Gasteiger partial charge in [0.15, 0.2) is 0 Å². The number of nitrogens with one attached hydrogen (secondary N) is 1. The quantitative estimate of drug-likeness (QED) is 0.818. The summed E-state index contributed by atoms with van der Waals surface area (Å²) in [7, 11) is 0. The Morgan fingerprint density at radius 2 is 1.95 bits per heavy atom. The van der Waals surface area contributed by atoms with Crippen molar-refractivity contribution in [2.24, 2.45) is 0 Å². The fraction of sp³-hybridized carbons (Fsp3) is 0.529. The van der Waals surface area contributed by atoms with Gasteiger partial charge in [0.25, 0.3) is 5.91 Å². The van der Waals surface area contributed by atoms with Crippen LogP contribution in [0.2, 0.25) is 0 Å². The lowest BCUT2D eigenvalue weighted by atomic mass is 9.98. The maximum Gasteiger partial charge on any atom is 0.251 e. The third-order valence-electron chi connectivity index (χ3n) is 3.79. The van der Waals surface area contributed by atoms with Gasteiger partial charge in [-0.2, -0.15) is 5.26 Å². The van der Waals surface area contributed by atoms with Gasteiger partial charge in [-0.25, -0.2) is 0 Å². The van der Waals surface area contributed by atoms with E-state index in [0.29, 0.717) is 30.4 Å². The van der Waals surface area contributed by atoms with Crippen LogP contribution in [-0.2, 0) is 4.74 Å². The van der Waals surface area contributed by atoms with E-state index in [1.165, 1.54) is 32.1 Å². The molecule has 1 aromatic carbocycles. The van der Waals surface area contributed by atoms with Crippen LogP contribution >= 0.6 is 0 Å². The number of nitriles is 1. The number of amides is 1. The van der Waals surface area contributed by atoms with Crippen LogP contribution in [-0.4, -0.2) is 25.2 Å². The number of nitrogens with zero attached hydrogens (tertiary/aromatic N) is 1. The number of hydrogen-bond donors (Lipinski definition) is 1. The Morgan fingerprint density at radius 1 is 1.24 bits per heavy atom. The van der Waals surface area contributed by atoms with Gasteiger partial charge in [0.05, 0.1) is 17.7 Å². The SMILES string of the molecule is N#Cc1ccc(C(=O)NCCCOC2CCCCC2)cc1. The summed E-state index contributed by atoms with van der Waals surface area (Å²) in [6, 6.07) is 8.69. The molecule has 1 aliphatic rings. The average molecular weight is 286 g/mol. The van der Waals surface area contributed by atoms with E-state index in [4.69, 9.17) is 10.00 Å². The second-order valence-electron chi connectivity index (χ2n) is 5.43.